The van der Waals surface area contributed by atoms with E-state index in [9.17, 15) is 27.9 Å². The second-order valence-corrected chi connectivity index (χ2v) is 7.90. The molecule has 1 heterocycles. The Morgan fingerprint density at radius 1 is 1.06 bits per heavy atom. The number of nitrogens with one attached hydrogen (secondary N) is 1. The van der Waals surface area contributed by atoms with Crippen LogP contribution in [0.3, 0.4) is 0 Å². The van der Waals surface area contributed by atoms with Crippen molar-refractivity contribution in [3.63, 3.8) is 0 Å². The van der Waals surface area contributed by atoms with E-state index in [1.807, 2.05) is 0 Å². The van der Waals surface area contributed by atoms with Crippen LogP contribution >= 0.6 is 0 Å². The lowest BCUT2D eigenvalue weighted by molar-refractivity contribution is -0.158. The molecule has 186 valence electrons. The molecule has 1 unspecified atom stereocenters. The quantitative estimate of drug-likeness (QED) is 0.519. The van der Waals surface area contributed by atoms with Crippen LogP contribution in [0.1, 0.15) is 43.7 Å². The monoisotopic (exact) mass is 484 g/mol. The minimum Gasteiger partial charge on any atom is -0.503 e. The summed E-state index contributed by atoms with van der Waals surface area (Å²) in [5.74, 6) is -2.02. The summed E-state index contributed by atoms with van der Waals surface area (Å²) in [6.07, 6.45) is -4.66. The number of benzene rings is 1. The smallest absolute Gasteiger partial charge is 0.416 e. The highest BCUT2D eigenvalue weighted by atomic mass is 19.4. The molecule has 34 heavy (non-hydrogen) atoms. The van der Waals surface area contributed by atoms with E-state index in [4.69, 9.17) is 14.2 Å². The van der Waals surface area contributed by atoms with Gasteiger partial charge >= 0.3 is 12.1 Å². The van der Waals surface area contributed by atoms with Crippen molar-refractivity contribution < 1.29 is 42.1 Å². The fourth-order valence-corrected chi connectivity index (χ4v) is 3.11. The van der Waals surface area contributed by atoms with Crippen molar-refractivity contribution in [1.29, 1.82) is 0 Å². The van der Waals surface area contributed by atoms with Gasteiger partial charge in [-0.3, -0.25) is 4.79 Å². The number of esters is 1. The fourth-order valence-electron chi connectivity index (χ4n) is 3.11. The van der Waals surface area contributed by atoms with Crippen LogP contribution in [0.15, 0.2) is 36.5 Å². The first-order chi connectivity index (χ1) is 15.8. The predicted molar refractivity (Wildman–Crippen MR) is 116 cm³/mol. The average Bonchev–Trinajstić information content (AvgIpc) is 2.76. The van der Waals surface area contributed by atoms with Gasteiger partial charge < -0.3 is 24.6 Å². The number of carbonyl (C=O) groups is 2. The number of pyridine rings is 1. The highest BCUT2D eigenvalue weighted by Gasteiger charge is 2.32. The number of ether oxygens (including phenoxy) is 3. The van der Waals surface area contributed by atoms with Crippen LogP contribution in [0.2, 0.25) is 0 Å². The number of hydrogen-bond donors (Lipinski definition) is 2. The van der Waals surface area contributed by atoms with E-state index in [-0.39, 0.29) is 23.1 Å². The van der Waals surface area contributed by atoms with Gasteiger partial charge in [-0.1, -0.05) is 13.8 Å². The maximum Gasteiger partial charge on any atom is 0.416 e. The van der Waals surface area contributed by atoms with Gasteiger partial charge in [-0.2, -0.15) is 13.2 Å². The summed E-state index contributed by atoms with van der Waals surface area (Å²) in [5, 5.41) is 12.5. The summed E-state index contributed by atoms with van der Waals surface area (Å²) in [6, 6.07) is 4.45. The van der Waals surface area contributed by atoms with Gasteiger partial charge in [0.1, 0.15) is 24.0 Å². The third-order valence-corrected chi connectivity index (χ3v) is 4.90. The lowest BCUT2D eigenvalue weighted by Crippen LogP contribution is -2.45. The van der Waals surface area contributed by atoms with Crippen molar-refractivity contribution in [3.8, 4) is 17.2 Å². The lowest BCUT2D eigenvalue weighted by Gasteiger charge is -2.29. The molecule has 0 aliphatic heterocycles. The fraction of sp³-hybridized carbons (Fsp3) is 0.435. The van der Waals surface area contributed by atoms with Crippen LogP contribution < -0.4 is 14.8 Å². The standard InChI is InChI=1S/C23H27F3N2O6/c1-12(2)20(14(4)33-16-8-6-15(7-9-16)23(24,25)26)34-22(31)13(3)28-21(30)18-19(29)17(32-5)10-11-27-18/h6-14,20,29H,1-5H3,(H,28,30)/t13-,14-,20?/m0/s1. The number of amides is 1. The molecule has 2 N–H and O–H groups in total. The minimum atomic E-state index is -4.46. The van der Waals surface area contributed by atoms with Crippen molar-refractivity contribution in [2.75, 3.05) is 7.11 Å². The SMILES string of the molecule is COc1ccnc(C(=O)N[C@@H](C)C(=O)OC(C(C)C)[C@H](C)Oc2ccc(C(F)(F)F)cc2)c1O. The van der Waals surface area contributed by atoms with Gasteiger partial charge in [-0.05, 0) is 44.0 Å². The zero-order valence-corrected chi connectivity index (χ0v) is 19.3. The molecule has 0 aliphatic carbocycles. The molecule has 1 amide bonds. The van der Waals surface area contributed by atoms with Crippen LogP contribution in [-0.2, 0) is 15.7 Å². The number of halogens is 3. The summed E-state index contributed by atoms with van der Waals surface area (Å²) in [5.41, 5.74) is -1.13. The number of methoxy groups -OCH3 is 1. The molecule has 11 heteroatoms. The van der Waals surface area contributed by atoms with Crippen LogP contribution in [0.4, 0.5) is 13.2 Å². The van der Waals surface area contributed by atoms with E-state index >= 15 is 0 Å². The molecule has 0 saturated carbocycles. The molecule has 0 saturated heterocycles. The summed E-state index contributed by atoms with van der Waals surface area (Å²) in [4.78, 5) is 28.9. The van der Waals surface area contributed by atoms with Crippen molar-refractivity contribution in [1.82, 2.24) is 10.3 Å². The van der Waals surface area contributed by atoms with Gasteiger partial charge in [-0.25, -0.2) is 9.78 Å². The molecular weight excluding hydrogens is 457 g/mol. The Labute approximate surface area is 195 Å². The Kier molecular flexibility index (Phi) is 8.72. The Balaban J connectivity index is 2.04. The molecule has 2 aromatic rings. The second-order valence-electron chi connectivity index (χ2n) is 7.90. The average molecular weight is 484 g/mol. The van der Waals surface area contributed by atoms with Gasteiger partial charge in [0.15, 0.2) is 17.2 Å². The van der Waals surface area contributed by atoms with Gasteiger partial charge in [0, 0.05) is 12.3 Å². The predicted octanol–water partition coefficient (Wildman–Crippen LogP) is 3.97. The number of carbonyl (C=O) groups excluding carboxylic acids is 2. The van der Waals surface area contributed by atoms with E-state index in [2.05, 4.69) is 10.3 Å². The first-order valence-electron chi connectivity index (χ1n) is 10.4. The summed E-state index contributed by atoms with van der Waals surface area (Å²) >= 11 is 0. The van der Waals surface area contributed by atoms with Crippen LogP contribution in [-0.4, -0.2) is 47.3 Å². The lowest BCUT2D eigenvalue weighted by atomic mass is 10.0. The number of rotatable bonds is 9. The molecule has 0 radical (unpaired) electrons. The Hall–Kier alpha value is -3.50. The zero-order valence-electron chi connectivity index (χ0n) is 19.3. The van der Waals surface area contributed by atoms with Gasteiger partial charge in [0.05, 0.1) is 12.7 Å². The summed E-state index contributed by atoms with van der Waals surface area (Å²) in [7, 11) is 1.32. The zero-order chi connectivity index (χ0) is 25.6. The number of alkyl halides is 3. The van der Waals surface area contributed by atoms with Crippen molar-refractivity contribution >= 4 is 11.9 Å². The normalized spacial score (nSPS) is 14.1. The second kappa shape index (κ2) is 11.1. The molecule has 0 spiro atoms. The molecule has 8 nitrogen and oxygen atoms in total. The van der Waals surface area contributed by atoms with E-state index in [1.165, 1.54) is 38.4 Å². The number of aromatic nitrogens is 1. The van der Waals surface area contributed by atoms with Crippen LogP contribution in [0.25, 0.3) is 0 Å². The Morgan fingerprint density at radius 2 is 1.68 bits per heavy atom. The first-order valence-corrected chi connectivity index (χ1v) is 10.4. The molecule has 2 rings (SSSR count). The Bertz CT molecular complexity index is 995. The van der Waals surface area contributed by atoms with Crippen LogP contribution in [0.5, 0.6) is 17.2 Å². The molecule has 0 bridgehead atoms. The minimum absolute atomic E-state index is 0.0458. The topological polar surface area (TPSA) is 107 Å². The highest BCUT2D eigenvalue weighted by Crippen LogP contribution is 2.31. The number of hydrogen-bond acceptors (Lipinski definition) is 7. The number of aromatic hydroxyl groups is 1. The third-order valence-electron chi connectivity index (χ3n) is 4.90. The van der Waals surface area contributed by atoms with Crippen molar-refractivity contribution in [3.05, 3.63) is 47.8 Å². The summed E-state index contributed by atoms with van der Waals surface area (Å²) in [6.45, 7) is 6.59. The molecule has 3 atom stereocenters. The summed E-state index contributed by atoms with van der Waals surface area (Å²) < 4.78 is 54.4. The van der Waals surface area contributed by atoms with E-state index in [0.717, 1.165) is 12.1 Å². The number of nitrogens with zero attached hydrogens (tertiary/aromatic N) is 1. The van der Waals surface area contributed by atoms with E-state index in [1.54, 1.807) is 20.8 Å². The molecule has 0 aliphatic rings. The van der Waals surface area contributed by atoms with Gasteiger partial charge in [0.25, 0.3) is 5.91 Å². The maximum absolute atomic E-state index is 12.7. The van der Waals surface area contributed by atoms with E-state index in [0.29, 0.717) is 0 Å². The van der Waals surface area contributed by atoms with Crippen LogP contribution in [0, 0.1) is 5.92 Å². The maximum atomic E-state index is 12.7. The molecular formula is C23H27F3N2O6. The van der Waals surface area contributed by atoms with Crippen molar-refractivity contribution in [2.24, 2.45) is 5.92 Å². The van der Waals surface area contributed by atoms with Gasteiger partial charge in [-0.15, -0.1) is 0 Å². The highest BCUT2D eigenvalue weighted by molar-refractivity contribution is 5.97. The molecule has 0 fully saturated rings. The van der Waals surface area contributed by atoms with E-state index < -0.39 is 47.6 Å². The Morgan fingerprint density at radius 3 is 2.21 bits per heavy atom. The largest absolute Gasteiger partial charge is 0.503 e. The molecule has 1 aromatic carbocycles. The van der Waals surface area contributed by atoms with Gasteiger partial charge in [0.2, 0.25) is 0 Å². The molecule has 1 aromatic heterocycles. The van der Waals surface area contributed by atoms with Crippen molar-refractivity contribution in [2.45, 2.75) is 52.1 Å². The first kappa shape index (κ1) is 26.7. The third kappa shape index (κ3) is 6.75.